The summed E-state index contributed by atoms with van der Waals surface area (Å²) in [6.45, 7) is 0.917. The molecular formula is C13H16N2O. The molecule has 0 saturated heterocycles. The Kier molecular flexibility index (Phi) is 2.52. The van der Waals surface area contributed by atoms with Gasteiger partial charge in [-0.3, -0.25) is 0 Å². The summed E-state index contributed by atoms with van der Waals surface area (Å²) >= 11 is 0. The van der Waals surface area contributed by atoms with Gasteiger partial charge in [-0.1, -0.05) is 18.2 Å². The van der Waals surface area contributed by atoms with E-state index in [1.54, 1.807) is 0 Å². The van der Waals surface area contributed by atoms with E-state index >= 15 is 0 Å². The second-order valence-electron chi connectivity index (χ2n) is 4.48. The van der Waals surface area contributed by atoms with E-state index in [1.165, 1.54) is 19.3 Å². The molecule has 0 bridgehead atoms. The van der Waals surface area contributed by atoms with Gasteiger partial charge >= 0.3 is 0 Å². The highest BCUT2D eigenvalue weighted by Gasteiger charge is 2.32. The number of amidine groups is 1. The van der Waals surface area contributed by atoms with E-state index in [4.69, 9.17) is 4.74 Å². The third kappa shape index (κ3) is 1.90. The van der Waals surface area contributed by atoms with E-state index in [0.29, 0.717) is 18.0 Å². The number of aliphatic imine (C=N–C) groups is 1. The summed E-state index contributed by atoms with van der Waals surface area (Å²) < 4.78 is 5.85. The Bertz CT molecular complexity index is 388. The fourth-order valence-corrected chi connectivity index (χ4v) is 2.46. The maximum atomic E-state index is 5.85. The largest absolute Gasteiger partial charge is 0.461 e. The molecule has 0 unspecified atom stereocenters. The number of anilines is 1. The third-order valence-electron chi connectivity index (χ3n) is 3.35. The first-order chi connectivity index (χ1) is 7.92. The number of rotatable bonds is 1. The molecule has 1 fully saturated rings. The van der Waals surface area contributed by atoms with Crippen molar-refractivity contribution < 1.29 is 4.74 Å². The quantitative estimate of drug-likeness (QED) is 0.783. The molecule has 16 heavy (non-hydrogen) atoms. The fraction of sp³-hybridized carbons (Fsp3) is 0.462. The van der Waals surface area contributed by atoms with Crippen molar-refractivity contribution in [2.24, 2.45) is 10.9 Å². The van der Waals surface area contributed by atoms with Crippen molar-refractivity contribution in [1.29, 1.82) is 0 Å². The molecule has 0 amide bonds. The second-order valence-corrected chi connectivity index (χ2v) is 4.48. The van der Waals surface area contributed by atoms with Gasteiger partial charge in [0.25, 0.3) is 6.02 Å². The van der Waals surface area contributed by atoms with Crippen molar-refractivity contribution in [3.05, 3.63) is 30.3 Å². The van der Waals surface area contributed by atoms with Crippen LogP contribution in [0.2, 0.25) is 0 Å². The zero-order valence-electron chi connectivity index (χ0n) is 9.23. The van der Waals surface area contributed by atoms with Gasteiger partial charge in [-0.2, -0.15) is 0 Å². The van der Waals surface area contributed by atoms with E-state index in [9.17, 15) is 0 Å². The lowest BCUT2D eigenvalue weighted by Crippen LogP contribution is -2.33. The number of hydrogen-bond donors (Lipinski definition) is 1. The minimum Gasteiger partial charge on any atom is -0.461 e. The van der Waals surface area contributed by atoms with Gasteiger partial charge in [-0.15, -0.1) is 0 Å². The first-order valence-corrected chi connectivity index (χ1v) is 5.95. The van der Waals surface area contributed by atoms with Gasteiger partial charge in [0.1, 0.15) is 6.10 Å². The summed E-state index contributed by atoms with van der Waals surface area (Å²) in [6.07, 6.45) is 4.12. The number of ether oxygens (including phenoxy) is 1. The summed E-state index contributed by atoms with van der Waals surface area (Å²) in [5, 5.41) is 3.22. The standard InChI is InChI=1S/C13H16N2O/c1-2-6-11(7-3-1)15-13-14-9-10-5-4-8-12(10)16-13/h1-3,6-7,10,12H,4-5,8-9H2,(H,14,15)/t10-,12+/m1/s1. The topological polar surface area (TPSA) is 33.6 Å². The molecule has 0 radical (unpaired) electrons. The molecule has 84 valence electrons. The molecular weight excluding hydrogens is 200 g/mol. The van der Waals surface area contributed by atoms with Crippen molar-refractivity contribution in [1.82, 2.24) is 0 Å². The van der Waals surface area contributed by atoms with E-state index < -0.39 is 0 Å². The van der Waals surface area contributed by atoms with Crippen LogP contribution in [0.5, 0.6) is 0 Å². The molecule has 1 aromatic rings. The smallest absolute Gasteiger partial charge is 0.289 e. The van der Waals surface area contributed by atoms with Gasteiger partial charge in [-0.25, -0.2) is 4.99 Å². The van der Waals surface area contributed by atoms with Crippen LogP contribution in [0.3, 0.4) is 0 Å². The highest BCUT2D eigenvalue weighted by molar-refractivity contribution is 5.89. The SMILES string of the molecule is c1ccc(NC2=NC[C@H]3CCC[C@@H]3O2)cc1. The zero-order chi connectivity index (χ0) is 10.8. The lowest BCUT2D eigenvalue weighted by Gasteiger charge is -2.26. The van der Waals surface area contributed by atoms with Crippen LogP contribution in [0.1, 0.15) is 19.3 Å². The molecule has 1 heterocycles. The average molecular weight is 216 g/mol. The number of nitrogens with zero attached hydrogens (tertiary/aromatic N) is 1. The van der Waals surface area contributed by atoms with Gasteiger partial charge < -0.3 is 10.1 Å². The van der Waals surface area contributed by atoms with Crippen molar-refractivity contribution in [3.63, 3.8) is 0 Å². The molecule has 3 heteroatoms. The molecule has 2 atom stereocenters. The van der Waals surface area contributed by atoms with Crippen LogP contribution in [0.25, 0.3) is 0 Å². The normalized spacial score (nSPS) is 27.9. The predicted molar refractivity (Wildman–Crippen MR) is 64.6 cm³/mol. The highest BCUT2D eigenvalue weighted by Crippen LogP contribution is 2.31. The molecule has 3 rings (SSSR count). The van der Waals surface area contributed by atoms with Gasteiger partial charge in [-0.05, 0) is 31.4 Å². The summed E-state index contributed by atoms with van der Waals surface area (Å²) in [5.41, 5.74) is 1.04. The average Bonchev–Trinajstić information content (AvgIpc) is 2.77. The second kappa shape index (κ2) is 4.16. The number of hydrogen-bond acceptors (Lipinski definition) is 3. The maximum Gasteiger partial charge on any atom is 0.289 e. The van der Waals surface area contributed by atoms with E-state index in [2.05, 4.69) is 10.3 Å². The fourth-order valence-electron chi connectivity index (χ4n) is 2.46. The summed E-state index contributed by atoms with van der Waals surface area (Å²) in [4.78, 5) is 4.45. The van der Waals surface area contributed by atoms with Crippen LogP contribution in [0.4, 0.5) is 5.69 Å². The first-order valence-electron chi connectivity index (χ1n) is 5.95. The van der Waals surface area contributed by atoms with Crippen LogP contribution in [-0.2, 0) is 4.74 Å². The van der Waals surface area contributed by atoms with Crippen molar-refractivity contribution in [2.75, 3.05) is 11.9 Å². The van der Waals surface area contributed by atoms with E-state index in [1.807, 2.05) is 30.3 Å². The van der Waals surface area contributed by atoms with Crippen LogP contribution >= 0.6 is 0 Å². The minimum absolute atomic E-state index is 0.392. The Hall–Kier alpha value is -1.51. The summed E-state index contributed by atoms with van der Waals surface area (Å²) in [7, 11) is 0. The van der Waals surface area contributed by atoms with Crippen molar-refractivity contribution >= 4 is 11.7 Å². The number of benzene rings is 1. The summed E-state index contributed by atoms with van der Waals surface area (Å²) in [6, 6.07) is 10.7. The Balaban J connectivity index is 1.68. The van der Waals surface area contributed by atoms with E-state index in [-0.39, 0.29) is 0 Å². The molecule has 0 spiro atoms. The van der Waals surface area contributed by atoms with Gasteiger partial charge in [0, 0.05) is 11.6 Å². The van der Waals surface area contributed by atoms with Gasteiger partial charge in [0.15, 0.2) is 0 Å². The molecule has 1 aliphatic heterocycles. The first kappa shape index (κ1) is 9.70. The Labute approximate surface area is 95.5 Å². The monoisotopic (exact) mass is 216 g/mol. The molecule has 1 aliphatic carbocycles. The lowest BCUT2D eigenvalue weighted by atomic mass is 10.1. The predicted octanol–water partition coefficient (Wildman–Crippen LogP) is 2.65. The Morgan fingerprint density at radius 2 is 2.06 bits per heavy atom. The van der Waals surface area contributed by atoms with Gasteiger partial charge in [0.2, 0.25) is 0 Å². The third-order valence-corrected chi connectivity index (χ3v) is 3.35. The zero-order valence-corrected chi connectivity index (χ0v) is 9.23. The van der Waals surface area contributed by atoms with E-state index in [0.717, 1.165) is 12.2 Å². The molecule has 0 aromatic heterocycles. The Morgan fingerprint density at radius 1 is 1.19 bits per heavy atom. The molecule has 1 saturated carbocycles. The minimum atomic E-state index is 0.392. The number of nitrogens with one attached hydrogen (secondary N) is 1. The van der Waals surface area contributed by atoms with Crippen LogP contribution < -0.4 is 5.32 Å². The van der Waals surface area contributed by atoms with Gasteiger partial charge in [0.05, 0.1) is 6.54 Å². The van der Waals surface area contributed by atoms with Crippen LogP contribution in [-0.4, -0.2) is 18.7 Å². The Morgan fingerprint density at radius 3 is 2.94 bits per heavy atom. The van der Waals surface area contributed by atoms with Crippen molar-refractivity contribution in [3.8, 4) is 0 Å². The van der Waals surface area contributed by atoms with Crippen molar-refractivity contribution in [2.45, 2.75) is 25.4 Å². The molecule has 1 N–H and O–H groups in total. The molecule has 2 aliphatic rings. The summed E-state index contributed by atoms with van der Waals surface area (Å²) in [5.74, 6) is 0.654. The molecule has 1 aromatic carbocycles. The van der Waals surface area contributed by atoms with Crippen LogP contribution in [0.15, 0.2) is 35.3 Å². The molecule has 3 nitrogen and oxygen atoms in total. The van der Waals surface area contributed by atoms with Crippen LogP contribution in [0, 0.1) is 5.92 Å². The lowest BCUT2D eigenvalue weighted by molar-refractivity contribution is 0.133. The maximum absolute atomic E-state index is 5.85. The number of fused-ring (bicyclic) bond motifs is 1. The number of para-hydroxylation sites is 1. The highest BCUT2D eigenvalue weighted by atomic mass is 16.5.